The maximum atomic E-state index is 11.9. The lowest BCUT2D eigenvalue weighted by Crippen LogP contribution is -2.38. The summed E-state index contributed by atoms with van der Waals surface area (Å²) in [6.45, 7) is 9.14. The third-order valence-electron chi connectivity index (χ3n) is 7.04. The first-order valence-corrected chi connectivity index (χ1v) is 11.4. The number of hydrogen-bond donors (Lipinski definition) is 1. The highest BCUT2D eigenvalue weighted by Crippen LogP contribution is 2.34. The molecule has 30 heavy (non-hydrogen) atoms. The van der Waals surface area contributed by atoms with Crippen LogP contribution in [0.4, 0.5) is 0 Å². The van der Waals surface area contributed by atoms with Gasteiger partial charge in [-0.25, -0.2) is 0 Å². The summed E-state index contributed by atoms with van der Waals surface area (Å²) in [4.78, 5) is 16.4. The molecule has 2 aliphatic heterocycles. The van der Waals surface area contributed by atoms with E-state index < -0.39 is 0 Å². The minimum Gasteiger partial charge on any atom is -0.507 e. The molecule has 0 spiro atoms. The Morgan fingerprint density at radius 3 is 2.50 bits per heavy atom. The van der Waals surface area contributed by atoms with Crippen molar-refractivity contribution in [3.63, 3.8) is 0 Å². The molecule has 0 aliphatic carbocycles. The molecule has 1 unspecified atom stereocenters. The van der Waals surface area contributed by atoms with Gasteiger partial charge in [-0.3, -0.25) is 4.79 Å². The highest BCUT2D eigenvalue weighted by atomic mass is 16.3. The summed E-state index contributed by atoms with van der Waals surface area (Å²) in [5.74, 6) is 0.454. The number of benzene rings is 2. The van der Waals surface area contributed by atoms with Crippen LogP contribution in [0.2, 0.25) is 0 Å². The Balaban J connectivity index is 1.50. The van der Waals surface area contributed by atoms with Crippen LogP contribution in [-0.2, 0) is 24.1 Å². The molecular weight excluding hydrogens is 372 g/mol. The van der Waals surface area contributed by atoms with E-state index in [1.807, 2.05) is 11.0 Å². The lowest BCUT2D eigenvalue weighted by atomic mass is 9.93. The molecular formula is C26H34N2O2. The number of nitrogens with zero attached hydrogens (tertiary/aromatic N) is 2. The van der Waals surface area contributed by atoms with Crippen molar-refractivity contribution in [1.82, 2.24) is 9.80 Å². The maximum absolute atomic E-state index is 11.9. The molecule has 2 aromatic carbocycles. The number of fused-ring (bicyclic) bond motifs is 1. The van der Waals surface area contributed by atoms with E-state index in [-0.39, 0.29) is 11.9 Å². The summed E-state index contributed by atoms with van der Waals surface area (Å²) < 4.78 is 0. The first-order chi connectivity index (χ1) is 14.4. The highest BCUT2D eigenvalue weighted by Gasteiger charge is 2.24. The van der Waals surface area contributed by atoms with E-state index in [0.29, 0.717) is 18.3 Å². The number of aromatic hydroxyl groups is 1. The summed E-state index contributed by atoms with van der Waals surface area (Å²) in [5.41, 5.74) is 5.68. The molecule has 2 heterocycles. The van der Waals surface area contributed by atoms with Crippen molar-refractivity contribution in [3.05, 3.63) is 53.1 Å². The van der Waals surface area contributed by atoms with Crippen molar-refractivity contribution in [3.8, 4) is 16.9 Å². The van der Waals surface area contributed by atoms with Gasteiger partial charge in [-0.15, -0.1) is 0 Å². The number of carbonyl (C=O) groups excluding carboxylic acids is 1. The summed E-state index contributed by atoms with van der Waals surface area (Å²) in [5, 5.41) is 10.7. The fraction of sp³-hybridized carbons (Fsp3) is 0.500. The fourth-order valence-corrected chi connectivity index (χ4v) is 5.14. The monoisotopic (exact) mass is 406 g/mol. The van der Waals surface area contributed by atoms with E-state index in [9.17, 15) is 9.90 Å². The van der Waals surface area contributed by atoms with Crippen LogP contribution >= 0.6 is 0 Å². The minimum absolute atomic E-state index is 0.124. The molecule has 2 aromatic rings. The maximum Gasteiger partial charge on any atom is 0.219 e. The van der Waals surface area contributed by atoms with Gasteiger partial charge in [-0.1, -0.05) is 24.3 Å². The lowest BCUT2D eigenvalue weighted by Gasteiger charge is -2.25. The number of carbonyl (C=O) groups is 1. The van der Waals surface area contributed by atoms with Crippen LogP contribution in [0.25, 0.3) is 11.1 Å². The average molecular weight is 407 g/mol. The molecule has 1 fully saturated rings. The second kappa shape index (κ2) is 8.81. The predicted molar refractivity (Wildman–Crippen MR) is 122 cm³/mol. The van der Waals surface area contributed by atoms with Gasteiger partial charge in [-0.05, 0) is 86.9 Å². The van der Waals surface area contributed by atoms with Crippen LogP contribution in [0, 0.1) is 0 Å². The molecule has 0 radical (unpaired) electrons. The van der Waals surface area contributed by atoms with Crippen LogP contribution < -0.4 is 0 Å². The third-order valence-corrected chi connectivity index (χ3v) is 7.04. The number of hydrogen-bond acceptors (Lipinski definition) is 3. The number of phenols is 1. The van der Waals surface area contributed by atoms with Gasteiger partial charge in [0.1, 0.15) is 5.75 Å². The topological polar surface area (TPSA) is 43.8 Å². The van der Waals surface area contributed by atoms with Gasteiger partial charge in [0.05, 0.1) is 0 Å². The van der Waals surface area contributed by atoms with Crippen LogP contribution in [0.1, 0.15) is 50.3 Å². The Morgan fingerprint density at radius 1 is 1.07 bits per heavy atom. The van der Waals surface area contributed by atoms with Gasteiger partial charge in [0.25, 0.3) is 0 Å². The van der Waals surface area contributed by atoms with Crippen molar-refractivity contribution < 1.29 is 9.90 Å². The Kier molecular flexibility index (Phi) is 6.14. The van der Waals surface area contributed by atoms with Gasteiger partial charge in [-0.2, -0.15) is 0 Å². The van der Waals surface area contributed by atoms with Crippen LogP contribution in [-0.4, -0.2) is 52.5 Å². The van der Waals surface area contributed by atoms with Crippen molar-refractivity contribution in [2.45, 2.75) is 65.0 Å². The first kappa shape index (κ1) is 20.9. The first-order valence-electron chi connectivity index (χ1n) is 11.4. The van der Waals surface area contributed by atoms with Crippen molar-refractivity contribution in [2.75, 3.05) is 19.6 Å². The van der Waals surface area contributed by atoms with E-state index in [2.05, 4.69) is 49.1 Å². The summed E-state index contributed by atoms with van der Waals surface area (Å²) in [6, 6.07) is 13.6. The zero-order valence-electron chi connectivity index (χ0n) is 18.5. The van der Waals surface area contributed by atoms with Crippen LogP contribution in [0.5, 0.6) is 5.75 Å². The average Bonchev–Trinajstić information content (AvgIpc) is 3.05. The third kappa shape index (κ3) is 4.39. The van der Waals surface area contributed by atoms with E-state index in [4.69, 9.17) is 0 Å². The number of phenolic OH excluding ortho intramolecular Hbond substituents is 1. The molecule has 0 aromatic heterocycles. The molecule has 0 saturated carbocycles. The Labute approximate surface area is 180 Å². The molecule has 4 heteroatoms. The minimum atomic E-state index is 0.124. The van der Waals surface area contributed by atoms with E-state index in [1.54, 1.807) is 6.92 Å². The Hall–Kier alpha value is -2.33. The summed E-state index contributed by atoms with van der Waals surface area (Å²) in [7, 11) is 0. The molecule has 160 valence electrons. The second-order valence-electron chi connectivity index (χ2n) is 9.13. The Morgan fingerprint density at radius 2 is 1.83 bits per heavy atom. The predicted octanol–water partition coefficient (Wildman–Crippen LogP) is 4.42. The quantitative estimate of drug-likeness (QED) is 0.817. The van der Waals surface area contributed by atoms with Gasteiger partial charge < -0.3 is 14.9 Å². The van der Waals surface area contributed by atoms with Crippen LogP contribution in [0.15, 0.2) is 36.4 Å². The molecule has 4 rings (SSSR count). The molecule has 4 nitrogen and oxygen atoms in total. The summed E-state index contributed by atoms with van der Waals surface area (Å²) >= 11 is 0. The number of amides is 1. The fourth-order valence-electron chi connectivity index (χ4n) is 5.14. The SMILES string of the molecule is CC(=O)N1CCc2cc(O)c(-c3ccc(CCN4CCC[C@H]4C)cc3)cc2CC1C. The van der Waals surface area contributed by atoms with Gasteiger partial charge in [0.2, 0.25) is 5.91 Å². The zero-order valence-corrected chi connectivity index (χ0v) is 18.5. The van der Waals surface area contributed by atoms with Gasteiger partial charge >= 0.3 is 0 Å². The van der Waals surface area contributed by atoms with E-state index in [1.165, 1.54) is 30.5 Å². The Bertz CT molecular complexity index is 906. The smallest absolute Gasteiger partial charge is 0.219 e. The largest absolute Gasteiger partial charge is 0.507 e. The van der Waals surface area contributed by atoms with Crippen molar-refractivity contribution >= 4 is 5.91 Å². The summed E-state index contributed by atoms with van der Waals surface area (Å²) in [6.07, 6.45) is 5.33. The zero-order chi connectivity index (χ0) is 21.3. The van der Waals surface area contributed by atoms with Gasteiger partial charge in [0.15, 0.2) is 0 Å². The molecule has 1 amide bonds. The highest BCUT2D eigenvalue weighted by molar-refractivity contribution is 5.74. The molecule has 2 aliphatic rings. The molecule has 2 atom stereocenters. The normalized spacial score (nSPS) is 22.0. The van der Waals surface area contributed by atoms with Crippen molar-refractivity contribution in [2.24, 2.45) is 0 Å². The number of likely N-dealkylation sites (tertiary alicyclic amines) is 1. The lowest BCUT2D eigenvalue weighted by molar-refractivity contribution is -0.130. The second-order valence-corrected chi connectivity index (χ2v) is 9.13. The van der Waals surface area contributed by atoms with Gasteiger partial charge in [0, 0.05) is 37.7 Å². The van der Waals surface area contributed by atoms with E-state index in [0.717, 1.165) is 42.5 Å². The molecule has 0 bridgehead atoms. The molecule has 1 saturated heterocycles. The van der Waals surface area contributed by atoms with E-state index >= 15 is 0 Å². The van der Waals surface area contributed by atoms with Crippen molar-refractivity contribution in [1.29, 1.82) is 0 Å². The molecule has 1 N–H and O–H groups in total. The van der Waals surface area contributed by atoms with Crippen LogP contribution in [0.3, 0.4) is 0 Å². The number of rotatable bonds is 4. The standard InChI is InChI=1S/C26H34N2O2/c1-18-5-4-12-27(18)13-10-21-6-8-22(9-7-21)25-16-24-15-19(2)28(20(3)29)14-11-23(24)17-26(25)30/h6-9,16-19,30H,4-5,10-15H2,1-3H3/t18-,19?/m1/s1.